The second-order valence-electron chi connectivity index (χ2n) is 5.04. The lowest BCUT2D eigenvalue weighted by Gasteiger charge is -2.20. The molecule has 0 fully saturated rings. The van der Waals surface area contributed by atoms with Gasteiger partial charge in [-0.25, -0.2) is 0 Å². The normalized spacial score (nSPS) is 13.8. The molecule has 5 heteroatoms. The van der Waals surface area contributed by atoms with E-state index in [4.69, 9.17) is 4.55 Å². The molecule has 1 aromatic rings. The predicted octanol–water partition coefficient (Wildman–Crippen LogP) is 3.23. The van der Waals surface area contributed by atoms with Gasteiger partial charge in [-0.1, -0.05) is 45.0 Å². The van der Waals surface area contributed by atoms with Crippen LogP contribution >= 0.6 is 0 Å². The summed E-state index contributed by atoms with van der Waals surface area (Å²) in [6.45, 7) is 6.81. The molecule has 0 bridgehead atoms. The van der Waals surface area contributed by atoms with Crippen molar-refractivity contribution in [3.05, 3.63) is 29.8 Å². The Morgan fingerprint density at radius 3 is 2.17 bits per heavy atom. The average molecular weight is 286 g/mol. The average Bonchev–Trinajstić information content (AvgIpc) is 2.28. The highest BCUT2D eigenvalue weighted by Gasteiger charge is 2.17. The molecule has 1 aromatic carbocycles. The minimum absolute atomic E-state index is 0.0223. The van der Waals surface area contributed by atoms with Crippen molar-refractivity contribution < 1.29 is 13.0 Å². The summed E-state index contributed by atoms with van der Waals surface area (Å²) < 4.78 is 30.9. The number of rotatable bonds is 6. The maximum Gasteiger partial charge on any atom is 0.294 e. The van der Waals surface area contributed by atoms with Crippen molar-refractivity contribution >= 4 is 18.9 Å². The van der Waals surface area contributed by atoms with Crippen molar-refractivity contribution in [2.75, 3.05) is 0 Å². The van der Waals surface area contributed by atoms with E-state index in [9.17, 15) is 8.42 Å². The van der Waals surface area contributed by atoms with E-state index in [-0.39, 0.29) is 4.90 Å². The van der Waals surface area contributed by atoms with Crippen LogP contribution in [0.15, 0.2) is 29.2 Å². The van der Waals surface area contributed by atoms with E-state index in [0.717, 1.165) is 0 Å². The zero-order valence-corrected chi connectivity index (χ0v) is 13.2. The van der Waals surface area contributed by atoms with E-state index in [1.807, 2.05) is 12.1 Å². The second kappa shape index (κ2) is 6.50. The summed E-state index contributed by atoms with van der Waals surface area (Å²) in [5, 5.41) is 0. The fourth-order valence-corrected chi connectivity index (χ4v) is 4.57. The molecule has 0 saturated heterocycles. The van der Waals surface area contributed by atoms with Crippen LogP contribution in [0.5, 0.6) is 0 Å². The van der Waals surface area contributed by atoms with E-state index in [2.05, 4.69) is 20.0 Å². The molecule has 1 rings (SSSR count). The van der Waals surface area contributed by atoms with Crippen LogP contribution in [0.4, 0.5) is 0 Å². The molecular weight excluding hydrogens is 264 g/mol. The SMILES string of the molecule is CCCCC(c1ccc(S(=O)(=O)O)cc1)[SiH](C)C. The Morgan fingerprint density at radius 1 is 1.22 bits per heavy atom. The molecule has 0 spiro atoms. The molecule has 0 amide bonds. The number of hydrogen-bond donors (Lipinski definition) is 1. The Bertz CT molecular complexity index is 466. The van der Waals surface area contributed by atoms with Crippen molar-refractivity contribution in [2.45, 2.75) is 49.7 Å². The third-order valence-electron chi connectivity index (χ3n) is 3.28. The largest absolute Gasteiger partial charge is 0.294 e. The van der Waals surface area contributed by atoms with Crippen molar-refractivity contribution in [2.24, 2.45) is 0 Å². The van der Waals surface area contributed by atoms with E-state index in [0.29, 0.717) is 5.54 Å². The Kier molecular flexibility index (Phi) is 5.56. The van der Waals surface area contributed by atoms with Crippen LogP contribution in [0.25, 0.3) is 0 Å². The van der Waals surface area contributed by atoms with Gasteiger partial charge in [-0.2, -0.15) is 8.42 Å². The Morgan fingerprint density at radius 2 is 1.78 bits per heavy atom. The van der Waals surface area contributed by atoms with E-state index in [1.54, 1.807) is 0 Å². The second-order valence-corrected chi connectivity index (χ2v) is 9.75. The van der Waals surface area contributed by atoms with Gasteiger partial charge in [0, 0.05) is 8.80 Å². The van der Waals surface area contributed by atoms with Crippen LogP contribution in [-0.4, -0.2) is 21.8 Å². The van der Waals surface area contributed by atoms with Gasteiger partial charge in [-0.3, -0.25) is 4.55 Å². The summed E-state index contributed by atoms with van der Waals surface area (Å²) >= 11 is 0. The molecule has 0 heterocycles. The zero-order valence-electron chi connectivity index (χ0n) is 11.3. The van der Waals surface area contributed by atoms with Gasteiger partial charge in [0.15, 0.2) is 0 Å². The first-order valence-corrected chi connectivity index (χ1v) is 10.8. The molecule has 0 aliphatic heterocycles. The Labute approximate surface area is 112 Å². The maximum atomic E-state index is 11.0. The van der Waals surface area contributed by atoms with Gasteiger partial charge in [0.25, 0.3) is 10.1 Å². The minimum atomic E-state index is -4.07. The molecule has 0 aromatic heterocycles. The molecule has 3 nitrogen and oxygen atoms in total. The molecule has 0 aliphatic carbocycles. The quantitative estimate of drug-likeness (QED) is 0.645. The Balaban J connectivity index is 2.94. The topological polar surface area (TPSA) is 54.4 Å². The van der Waals surface area contributed by atoms with Crippen molar-refractivity contribution in [3.63, 3.8) is 0 Å². The summed E-state index contributed by atoms with van der Waals surface area (Å²) in [6, 6.07) is 6.69. The number of benzene rings is 1. The van der Waals surface area contributed by atoms with Gasteiger partial charge < -0.3 is 0 Å². The molecule has 1 atom stereocenters. The highest BCUT2D eigenvalue weighted by Crippen LogP contribution is 2.26. The van der Waals surface area contributed by atoms with Crippen molar-refractivity contribution in [1.82, 2.24) is 0 Å². The number of unbranched alkanes of at least 4 members (excludes halogenated alkanes) is 1. The molecule has 0 radical (unpaired) electrons. The lowest BCUT2D eigenvalue weighted by Crippen LogP contribution is -2.16. The van der Waals surface area contributed by atoms with Gasteiger partial charge in [0.1, 0.15) is 0 Å². The number of hydrogen-bond acceptors (Lipinski definition) is 2. The highest BCUT2D eigenvalue weighted by atomic mass is 32.2. The summed E-state index contributed by atoms with van der Waals surface area (Å²) in [4.78, 5) is -0.0223. The first-order valence-electron chi connectivity index (χ1n) is 6.43. The molecule has 0 aliphatic rings. The summed E-state index contributed by atoms with van der Waals surface area (Å²) in [5.41, 5.74) is 1.79. The van der Waals surface area contributed by atoms with Gasteiger partial charge >= 0.3 is 0 Å². The van der Waals surface area contributed by atoms with Crippen LogP contribution < -0.4 is 0 Å². The minimum Gasteiger partial charge on any atom is -0.282 e. The molecule has 102 valence electrons. The summed E-state index contributed by atoms with van der Waals surface area (Å²) in [7, 11) is -4.88. The van der Waals surface area contributed by atoms with E-state index in [1.165, 1.54) is 37.0 Å². The zero-order chi connectivity index (χ0) is 13.8. The third-order valence-corrected chi connectivity index (χ3v) is 6.48. The third kappa shape index (κ3) is 4.22. The predicted molar refractivity (Wildman–Crippen MR) is 77.4 cm³/mol. The molecule has 1 N–H and O–H groups in total. The Hall–Kier alpha value is -0.653. The summed E-state index contributed by atoms with van der Waals surface area (Å²) in [6.07, 6.45) is 3.56. The monoisotopic (exact) mass is 286 g/mol. The van der Waals surface area contributed by atoms with E-state index < -0.39 is 18.9 Å². The highest BCUT2D eigenvalue weighted by molar-refractivity contribution is 7.85. The molecule has 0 saturated carbocycles. The molecule has 1 unspecified atom stereocenters. The van der Waals surface area contributed by atoms with Crippen molar-refractivity contribution in [1.29, 1.82) is 0 Å². The smallest absolute Gasteiger partial charge is 0.282 e. The van der Waals surface area contributed by atoms with Crippen LogP contribution in [0.3, 0.4) is 0 Å². The lowest BCUT2D eigenvalue weighted by molar-refractivity contribution is 0.483. The van der Waals surface area contributed by atoms with Crippen LogP contribution in [0, 0.1) is 0 Å². The lowest BCUT2D eigenvalue weighted by atomic mass is 10.1. The van der Waals surface area contributed by atoms with Gasteiger partial charge in [0.2, 0.25) is 0 Å². The summed E-state index contributed by atoms with van der Waals surface area (Å²) in [5.74, 6) is 0. The van der Waals surface area contributed by atoms with Gasteiger partial charge in [-0.05, 0) is 29.7 Å². The standard InChI is InChI=1S/C13H22O3SSi/c1-4-5-6-13(18(2)3)11-7-9-12(10-8-11)17(14,15)16/h7-10,13,18H,4-6H2,1-3H3,(H,14,15,16). The molecular formula is C13H22O3SSi. The van der Waals surface area contributed by atoms with Gasteiger partial charge in [-0.15, -0.1) is 0 Å². The van der Waals surface area contributed by atoms with Crippen LogP contribution in [0.1, 0.15) is 37.3 Å². The molecule has 18 heavy (non-hydrogen) atoms. The first-order chi connectivity index (χ1) is 8.36. The van der Waals surface area contributed by atoms with Crippen LogP contribution in [0.2, 0.25) is 13.1 Å². The van der Waals surface area contributed by atoms with Gasteiger partial charge in [0.05, 0.1) is 4.90 Å². The van der Waals surface area contributed by atoms with Crippen molar-refractivity contribution in [3.8, 4) is 0 Å². The van der Waals surface area contributed by atoms with E-state index >= 15 is 0 Å². The van der Waals surface area contributed by atoms with Crippen LogP contribution in [-0.2, 0) is 10.1 Å². The first kappa shape index (κ1) is 15.4. The fraction of sp³-hybridized carbons (Fsp3) is 0.538. The fourth-order valence-electron chi connectivity index (χ4n) is 2.20. The maximum absolute atomic E-state index is 11.0.